The highest BCUT2D eigenvalue weighted by molar-refractivity contribution is 5.35. The molecule has 0 saturated heterocycles. The predicted octanol–water partition coefficient (Wildman–Crippen LogP) is 3.10. The van der Waals surface area contributed by atoms with Crippen LogP contribution in [0.2, 0.25) is 0 Å². The summed E-state index contributed by atoms with van der Waals surface area (Å²) in [6, 6.07) is 3.77. The van der Waals surface area contributed by atoms with Crippen molar-refractivity contribution < 1.29 is 8.83 Å². The summed E-state index contributed by atoms with van der Waals surface area (Å²) in [5, 5.41) is 0. The van der Waals surface area contributed by atoms with Gasteiger partial charge < -0.3 is 14.6 Å². The predicted molar refractivity (Wildman–Crippen MR) is 62.3 cm³/mol. The molecule has 86 valence electrons. The van der Waals surface area contributed by atoms with Crippen molar-refractivity contribution in [3.05, 3.63) is 46.8 Å². The first-order valence-corrected chi connectivity index (χ1v) is 5.52. The van der Waals surface area contributed by atoms with Gasteiger partial charge in [0.1, 0.15) is 17.3 Å². The summed E-state index contributed by atoms with van der Waals surface area (Å²) in [5.41, 5.74) is 8.31. The van der Waals surface area contributed by atoms with E-state index >= 15 is 0 Å². The van der Waals surface area contributed by atoms with Gasteiger partial charge in [-0.25, -0.2) is 0 Å². The molecule has 2 aromatic heterocycles. The average Bonchev–Trinajstić information content (AvgIpc) is 2.83. The Hall–Kier alpha value is -1.48. The van der Waals surface area contributed by atoms with E-state index < -0.39 is 0 Å². The standard InChI is InChI=1S/C13H17NO2/c1-4-12-10(5-6-15-12)13(14)11-7-8(2)16-9(11)3/h5-7,13H,4,14H2,1-3H3. The third-order valence-corrected chi connectivity index (χ3v) is 2.85. The van der Waals surface area contributed by atoms with Gasteiger partial charge in [0.2, 0.25) is 0 Å². The van der Waals surface area contributed by atoms with E-state index in [1.165, 1.54) is 0 Å². The number of nitrogens with two attached hydrogens (primary N) is 1. The lowest BCUT2D eigenvalue weighted by Crippen LogP contribution is -2.12. The van der Waals surface area contributed by atoms with Crippen LogP contribution in [0.1, 0.15) is 41.4 Å². The van der Waals surface area contributed by atoms with Gasteiger partial charge in [-0.05, 0) is 26.0 Å². The van der Waals surface area contributed by atoms with Crippen LogP contribution in [-0.4, -0.2) is 0 Å². The summed E-state index contributed by atoms with van der Waals surface area (Å²) in [5.74, 6) is 2.73. The van der Waals surface area contributed by atoms with Gasteiger partial charge in [0.25, 0.3) is 0 Å². The number of rotatable bonds is 3. The van der Waals surface area contributed by atoms with Gasteiger partial charge in [0.05, 0.1) is 12.3 Å². The van der Waals surface area contributed by atoms with Crippen LogP contribution in [-0.2, 0) is 6.42 Å². The van der Waals surface area contributed by atoms with E-state index in [-0.39, 0.29) is 6.04 Å². The van der Waals surface area contributed by atoms with E-state index in [0.29, 0.717) is 0 Å². The van der Waals surface area contributed by atoms with Crippen LogP contribution >= 0.6 is 0 Å². The van der Waals surface area contributed by atoms with Crippen molar-refractivity contribution in [2.75, 3.05) is 0 Å². The monoisotopic (exact) mass is 219 g/mol. The molecule has 16 heavy (non-hydrogen) atoms. The molecule has 2 heterocycles. The maximum atomic E-state index is 6.23. The van der Waals surface area contributed by atoms with E-state index in [1.54, 1.807) is 6.26 Å². The lowest BCUT2D eigenvalue weighted by molar-refractivity contribution is 0.496. The summed E-state index contributed by atoms with van der Waals surface area (Å²) >= 11 is 0. The van der Waals surface area contributed by atoms with Crippen molar-refractivity contribution >= 4 is 0 Å². The molecule has 1 unspecified atom stereocenters. The Bertz CT molecular complexity index is 482. The SMILES string of the molecule is CCc1occc1C(N)c1cc(C)oc1C. The van der Waals surface area contributed by atoms with Crippen molar-refractivity contribution in [2.45, 2.75) is 33.2 Å². The molecule has 0 radical (unpaired) electrons. The van der Waals surface area contributed by atoms with Gasteiger partial charge in [-0.1, -0.05) is 6.92 Å². The lowest BCUT2D eigenvalue weighted by Gasteiger charge is -2.10. The largest absolute Gasteiger partial charge is 0.469 e. The third kappa shape index (κ3) is 1.78. The molecule has 0 aliphatic rings. The van der Waals surface area contributed by atoms with Crippen LogP contribution in [0.5, 0.6) is 0 Å². The first-order valence-electron chi connectivity index (χ1n) is 5.52. The zero-order valence-corrected chi connectivity index (χ0v) is 9.91. The Labute approximate surface area is 95.2 Å². The fourth-order valence-electron chi connectivity index (χ4n) is 2.04. The fraction of sp³-hybridized carbons (Fsp3) is 0.385. The Morgan fingerprint density at radius 2 is 2.06 bits per heavy atom. The highest BCUT2D eigenvalue weighted by Gasteiger charge is 2.19. The molecule has 0 fully saturated rings. The lowest BCUT2D eigenvalue weighted by atomic mass is 9.99. The van der Waals surface area contributed by atoms with Gasteiger partial charge in [-0.2, -0.15) is 0 Å². The molecule has 0 amide bonds. The average molecular weight is 219 g/mol. The van der Waals surface area contributed by atoms with E-state index in [0.717, 1.165) is 34.8 Å². The van der Waals surface area contributed by atoms with Gasteiger partial charge in [0, 0.05) is 17.5 Å². The highest BCUT2D eigenvalue weighted by atomic mass is 16.3. The molecule has 1 atom stereocenters. The molecule has 0 aromatic carbocycles. The molecule has 3 nitrogen and oxygen atoms in total. The summed E-state index contributed by atoms with van der Waals surface area (Å²) in [4.78, 5) is 0. The summed E-state index contributed by atoms with van der Waals surface area (Å²) in [6.45, 7) is 5.93. The Morgan fingerprint density at radius 1 is 1.31 bits per heavy atom. The second kappa shape index (κ2) is 4.18. The highest BCUT2D eigenvalue weighted by Crippen LogP contribution is 2.28. The molecule has 0 aliphatic carbocycles. The maximum absolute atomic E-state index is 6.23. The molecular weight excluding hydrogens is 202 g/mol. The quantitative estimate of drug-likeness (QED) is 0.863. The molecular formula is C13H17NO2. The van der Waals surface area contributed by atoms with Crippen molar-refractivity contribution in [1.29, 1.82) is 0 Å². The summed E-state index contributed by atoms with van der Waals surface area (Å²) in [7, 11) is 0. The van der Waals surface area contributed by atoms with E-state index in [2.05, 4.69) is 6.92 Å². The maximum Gasteiger partial charge on any atom is 0.108 e. The number of hydrogen-bond donors (Lipinski definition) is 1. The van der Waals surface area contributed by atoms with Crippen LogP contribution < -0.4 is 5.73 Å². The zero-order chi connectivity index (χ0) is 11.7. The minimum absolute atomic E-state index is 0.161. The van der Waals surface area contributed by atoms with Crippen molar-refractivity contribution in [1.82, 2.24) is 0 Å². The Balaban J connectivity index is 2.38. The van der Waals surface area contributed by atoms with Gasteiger partial charge in [0.15, 0.2) is 0 Å². The Morgan fingerprint density at radius 3 is 2.62 bits per heavy atom. The van der Waals surface area contributed by atoms with Crippen molar-refractivity contribution in [3.63, 3.8) is 0 Å². The van der Waals surface area contributed by atoms with Gasteiger partial charge in [-0.15, -0.1) is 0 Å². The van der Waals surface area contributed by atoms with E-state index in [1.807, 2.05) is 26.0 Å². The van der Waals surface area contributed by atoms with Crippen LogP contribution in [0.3, 0.4) is 0 Å². The topological polar surface area (TPSA) is 52.3 Å². The molecule has 0 saturated carbocycles. The van der Waals surface area contributed by atoms with Gasteiger partial charge in [-0.3, -0.25) is 0 Å². The Kier molecular flexibility index (Phi) is 2.88. The molecule has 0 aliphatic heterocycles. The van der Waals surface area contributed by atoms with Crippen molar-refractivity contribution in [2.24, 2.45) is 5.73 Å². The van der Waals surface area contributed by atoms with Crippen LogP contribution in [0.25, 0.3) is 0 Å². The molecule has 0 spiro atoms. The van der Waals surface area contributed by atoms with Crippen LogP contribution in [0.4, 0.5) is 0 Å². The first-order chi connectivity index (χ1) is 7.63. The third-order valence-electron chi connectivity index (χ3n) is 2.85. The van der Waals surface area contributed by atoms with Gasteiger partial charge >= 0.3 is 0 Å². The molecule has 2 aromatic rings. The number of hydrogen-bond acceptors (Lipinski definition) is 3. The first kappa shape index (κ1) is 11.0. The van der Waals surface area contributed by atoms with E-state index in [4.69, 9.17) is 14.6 Å². The molecule has 0 bridgehead atoms. The number of furan rings is 2. The second-order valence-electron chi connectivity index (χ2n) is 4.00. The minimum Gasteiger partial charge on any atom is -0.469 e. The number of aryl methyl sites for hydroxylation is 3. The summed E-state index contributed by atoms with van der Waals surface area (Å²) in [6.07, 6.45) is 2.54. The van der Waals surface area contributed by atoms with Crippen molar-refractivity contribution in [3.8, 4) is 0 Å². The second-order valence-corrected chi connectivity index (χ2v) is 4.00. The summed E-state index contributed by atoms with van der Waals surface area (Å²) < 4.78 is 10.9. The van der Waals surface area contributed by atoms with Crippen LogP contribution in [0.15, 0.2) is 27.2 Å². The smallest absolute Gasteiger partial charge is 0.108 e. The van der Waals surface area contributed by atoms with E-state index in [9.17, 15) is 0 Å². The molecule has 3 heteroatoms. The normalized spacial score (nSPS) is 13.0. The fourth-order valence-corrected chi connectivity index (χ4v) is 2.04. The van der Waals surface area contributed by atoms with Crippen LogP contribution in [0, 0.1) is 13.8 Å². The molecule has 2 N–H and O–H groups in total. The molecule has 2 rings (SSSR count). The zero-order valence-electron chi connectivity index (χ0n) is 9.91. The minimum atomic E-state index is -0.161.